The number of fused-ring (bicyclic) bond motifs is 1. The number of hydrogen-bond acceptors (Lipinski definition) is 4. The first-order chi connectivity index (χ1) is 13.5. The molecule has 2 aromatic carbocycles. The van der Waals surface area contributed by atoms with Crippen molar-refractivity contribution < 1.29 is 9.59 Å². The van der Waals surface area contributed by atoms with Gasteiger partial charge in [-0.2, -0.15) is 5.10 Å². The van der Waals surface area contributed by atoms with Crippen LogP contribution in [-0.2, 0) is 13.1 Å². The number of nitrogens with two attached hydrogens (primary N) is 1. The quantitative estimate of drug-likeness (QED) is 0.608. The van der Waals surface area contributed by atoms with Gasteiger partial charge in [-0.15, -0.1) is 0 Å². The van der Waals surface area contributed by atoms with E-state index in [0.717, 1.165) is 12.0 Å². The summed E-state index contributed by atoms with van der Waals surface area (Å²) in [6, 6.07) is 13.3. The number of anilines is 1. The van der Waals surface area contributed by atoms with Crippen molar-refractivity contribution >= 4 is 28.4 Å². The number of benzene rings is 2. The molecule has 3 amide bonds. The molecule has 0 unspecified atom stereocenters. The molecule has 8 heteroatoms. The summed E-state index contributed by atoms with van der Waals surface area (Å²) in [4.78, 5) is 36.1. The third kappa shape index (κ3) is 4.17. The zero-order valence-electron chi connectivity index (χ0n) is 15.4. The van der Waals surface area contributed by atoms with Crippen molar-refractivity contribution in [1.29, 1.82) is 0 Å². The van der Waals surface area contributed by atoms with Crippen LogP contribution in [0.2, 0.25) is 0 Å². The van der Waals surface area contributed by atoms with Gasteiger partial charge in [0.25, 0.3) is 11.5 Å². The van der Waals surface area contributed by atoms with E-state index < -0.39 is 6.03 Å². The predicted molar refractivity (Wildman–Crippen MR) is 107 cm³/mol. The number of amides is 3. The van der Waals surface area contributed by atoms with Crippen LogP contribution in [0.4, 0.5) is 10.5 Å². The Morgan fingerprint density at radius 3 is 2.39 bits per heavy atom. The Morgan fingerprint density at radius 1 is 1.07 bits per heavy atom. The van der Waals surface area contributed by atoms with E-state index in [9.17, 15) is 14.4 Å². The number of carbonyl (C=O) groups excluding carboxylic acids is 2. The Hall–Kier alpha value is -3.68. The van der Waals surface area contributed by atoms with Gasteiger partial charge in [-0.3, -0.25) is 9.59 Å². The average molecular weight is 379 g/mol. The molecule has 0 bridgehead atoms. The van der Waals surface area contributed by atoms with Gasteiger partial charge in [-0.1, -0.05) is 37.3 Å². The molecule has 0 saturated carbocycles. The number of nitrogens with zero attached hydrogens (tertiary/aromatic N) is 2. The van der Waals surface area contributed by atoms with Crippen LogP contribution < -0.4 is 21.9 Å². The van der Waals surface area contributed by atoms with Crippen molar-refractivity contribution in [2.75, 3.05) is 5.32 Å². The monoisotopic (exact) mass is 379 g/mol. The smallest absolute Gasteiger partial charge is 0.316 e. The maximum Gasteiger partial charge on any atom is 0.316 e. The molecule has 0 aliphatic rings. The number of carbonyl (C=O) groups is 2. The topological polar surface area (TPSA) is 119 Å². The molecule has 0 aliphatic heterocycles. The lowest BCUT2D eigenvalue weighted by molar-refractivity contribution is 0.0945. The van der Waals surface area contributed by atoms with E-state index in [-0.39, 0.29) is 23.7 Å². The normalized spacial score (nSPS) is 10.6. The van der Waals surface area contributed by atoms with Gasteiger partial charge in [-0.05, 0) is 30.2 Å². The zero-order valence-corrected chi connectivity index (χ0v) is 15.4. The predicted octanol–water partition coefficient (Wildman–Crippen LogP) is 2.23. The maximum absolute atomic E-state index is 12.7. The molecule has 144 valence electrons. The molecule has 1 aromatic heterocycles. The van der Waals surface area contributed by atoms with E-state index in [1.54, 1.807) is 48.5 Å². The molecule has 0 radical (unpaired) electrons. The average Bonchev–Trinajstić information content (AvgIpc) is 2.69. The molecule has 28 heavy (non-hydrogen) atoms. The van der Waals surface area contributed by atoms with Crippen LogP contribution in [0.15, 0.2) is 53.3 Å². The largest absolute Gasteiger partial charge is 0.351 e. The molecule has 4 N–H and O–H groups in total. The molecule has 8 nitrogen and oxygen atoms in total. The zero-order chi connectivity index (χ0) is 20.1. The SMILES string of the molecule is CCCn1nc(C(=O)NCc2ccc(NC(N)=O)cc2)c2ccccc2c1=O. The molecular formula is C20H21N5O3. The van der Waals surface area contributed by atoms with Crippen molar-refractivity contribution in [3.05, 3.63) is 70.1 Å². The Kier molecular flexibility index (Phi) is 5.69. The minimum Gasteiger partial charge on any atom is -0.351 e. The first-order valence-corrected chi connectivity index (χ1v) is 8.93. The summed E-state index contributed by atoms with van der Waals surface area (Å²) in [5.74, 6) is -0.361. The summed E-state index contributed by atoms with van der Waals surface area (Å²) in [5.41, 5.74) is 6.51. The molecule has 0 saturated heterocycles. The number of hydrogen-bond donors (Lipinski definition) is 3. The Morgan fingerprint density at radius 2 is 1.75 bits per heavy atom. The van der Waals surface area contributed by atoms with Crippen molar-refractivity contribution in [3.63, 3.8) is 0 Å². The molecule has 3 aromatic rings. The highest BCUT2D eigenvalue weighted by molar-refractivity contribution is 6.04. The fraction of sp³-hybridized carbons (Fsp3) is 0.200. The fourth-order valence-electron chi connectivity index (χ4n) is 2.88. The molecule has 0 fully saturated rings. The number of rotatable bonds is 6. The summed E-state index contributed by atoms with van der Waals surface area (Å²) < 4.78 is 1.33. The highest BCUT2D eigenvalue weighted by atomic mass is 16.2. The van der Waals surface area contributed by atoms with Gasteiger partial charge in [0.15, 0.2) is 5.69 Å². The number of urea groups is 1. The Bertz CT molecular complexity index is 1070. The van der Waals surface area contributed by atoms with E-state index >= 15 is 0 Å². The summed E-state index contributed by atoms with van der Waals surface area (Å²) in [6.07, 6.45) is 0.734. The van der Waals surface area contributed by atoms with Crippen LogP contribution in [0.1, 0.15) is 29.4 Å². The molecule has 3 rings (SSSR count). The third-order valence-corrected chi connectivity index (χ3v) is 4.19. The van der Waals surface area contributed by atoms with E-state index in [1.807, 2.05) is 6.92 Å². The maximum atomic E-state index is 12.7. The standard InChI is InChI=1S/C20H21N5O3/c1-2-11-25-19(27)16-6-4-3-5-15(16)17(24-25)18(26)22-12-13-7-9-14(10-8-13)23-20(21)28/h3-10H,2,11-12H2,1H3,(H,22,26)(H3,21,23,28). The Labute approximate surface area is 161 Å². The van der Waals surface area contributed by atoms with Gasteiger partial charge in [0.05, 0.1) is 5.39 Å². The van der Waals surface area contributed by atoms with E-state index in [0.29, 0.717) is 23.0 Å². The van der Waals surface area contributed by atoms with Crippen molar-refractivity contribution in [2.45, 2.75) is 26.4 Å². The summed E-state index contributed by atoms with van der Waals surface area (Å²) in [6.45, 7) is 2.66. The number of aryl methyl sites for hydroxylation is 1. The van der Waals surface area contributed by atoms with Gasteiger partial charge in [0.2, 0.25) is 0 Å². The van der Waals surface area contributed by atoms with Gasteiger partial charge in [0, 0.05) is 24.2 Å². The van der Waals surface area contributed by atoms with Crippen LogP contribution in [0.3, 0.4) is 0 Å². The van der Waals surface area contributed by atoms with E-state index in [1.165, 1.54) is 4.68 Å². The molecule has 0 aliphatic carbocycles. The fourth-order valence-corrected chi connectivity index (χ4v) is 2.88. The molecule has 0 atom stereocenters. The van der Waals surface area contributed by atoms with E-state index in [2.05, 4.69) is 15.7 Å². The number of aromatic nitrogens is 2. The highest BCUT2D eigenvalue weighted by Gasteiger charge is 2.16. The molecule has 1 heterocycles. The van der Waals surface area contributed by atoms with Crippen molar-refractivity contribution in [2.24, 2.45) is 5.73 Å². The molecular weight excluding hydrogens is 358 g/mol. The summed E-state index contributed by atoms with van der Waals surface area (Å²) >= 11 is 0. The Balaban J connectivity index is 1.82. The van der Waals surface area contributed by atoms with E-state index in [4.69, 9.17) is 5.73 Å². The summed E-state index contributed by atoms with van der Waals surface area (Å²) in [5, 5.41) is 10.6. The van der Waals surface area contributed by atoms with Crippen molar-refractivity contribution in [1.82, 2.24) is 15.1 Å². The van der Waals surface area contributed by atoms with Crippen LogP contribution in [-0.4, -0.2) is 21.7 Å². The molecule has 0 spiro atoms. The first kappa shape index (κ1) is 19.1. The van der Waals surface area contributed by atoms with Crippen LogP contribution >= 0.6 is 0 Å². The lowest BCUT2D eigenvalue weighted by Crippen LogP contribution is -2.30. The van der Waals surface area contributed by atoms with Gasteiger partial charge in [0.1, 0.15) is 0 Å². The van der Waals surface area contributed by atoms with Crippen LogP contribution in [0, 0.1) is 0 Å². The second kappa shape index (κ2) is 8.34. The highest BCUT2D eigenvalue weighted by Crippen LogP contribution is 2.14. The number of primary amides is 1. The second-order valence-corrected chi connectivity index (χ2v) is 6.29. The minimum atomic E-state index is -0.638. The van der Waals surface area contributed by atoms with Gasteiger partial charge in [-0.25, -0.2) is 9.48 Å². The summed E-state index contributed by atoms with van der Waals surface area (Å²) in [7, 11) is 0. The minimum absolute atomic E-state index is 0.202. The second-order valence-electron chi connectivity index (χ2n) is 6.29. The third-order valence-electron chi connectivity index (χ3n) is 4.19. The van der Waals surface area contributed by atoms with Crippen LogP contribution in [0.25, 0.3) is 10.8 Å². The van der Waals surface area contributed by atoms with Crippen molar-refractivity contribution in [3.8, 4) is 0 Å². The van der Waals surface area contributed by atoms with Gasteiger partial charge < -0.3 is 16.4 Å². The van der Waals surface area contributed by atoms with Crippen LogP contribution in [0.5, 0.6) is 0 Å². The lowest BCUT2D eigenvalue weighted by Gasteiger charge is -2.11. The lowest BCUT2D eigenvalue weighted by atomic mass is 10.1. The number of nitrogens with one attached hydrogen (secondary N) is 2. The first-order valence-electron chi connectivity index (χ1n) is 8.93. The van der Waals surface area contributed by atoms with Gasteiger partial charge >= 0.3 is 6.03 Å².